The standard InChI is InChI=1S/C10H9F5N4/c11-4-5(12)7(14)9(8(15)6(4)13)18-10(19-16)17-3-1-2-3/h3H,1-2,16H2,(H2,17,18,19). The normalized spacial score (nSPS) is 15.6. The van der Waals surface area contributed by atoms with Crippen molar-refractivity contribution in [3.8, 4) is 0 Å². The molecule has 0 unspecified atom stereocenters. The summed E-state index contributed by atoms with van der Waals surface area (Å²) >= 11 is 0. The number of anilines is 1. The Bertz CT molecular complexity index is 512. The fourth-order valence-electron chi connectivity index (χ4n) is 1.32. The van der Waals surface area contributed by atoms with Crippen LogP contribution in [0.3, 0.4) is 0 Å². The van der Waals surface area contributed by atoms with Gasteiger partial charge >= 0.3 is 0 Å². The van der Waals surface area contributed by atoms with Crippen LogP contribution in [0.2, 0.25) is 0 Å². The molecule has 1 aliphatic carbocycles. The van der Waals surface area contributed by atoms with E-state index < -0.39 is 34.8 Å². The molecule has 1 aromatic carbocycles. The lowest BCUT2D eigenvalue weighted by molar-refractivity contribution is 0.382. The first-order valence-electron chi connectivity index (χ1n) is 5.28. The molecule has 1 fully saturated rings. The fourth-order valence-corrected chi connectivity index (χ4v) is 1.32. The van der Waals surface area contributed by atoms with Gasteiger partial charge in [-0.05, 0) is 12.8 Å². The summed E-state index contributed by atoms with van der Waals surface area (Å²) in [5, 5.41) is 1.96. The van der Waals surface area contributed by atoms with E-state index in [9.17, 15) is 22.0 Å². The van der Waals surface area contributed by atoms with E-state index in [1.807, 2.05) is 10.7 Å². The van der Waals surface area contributed by atoms with Gasteiger partial charge in [-0.2, -0.15) is 0 Å². The summed E-state index contributed by atoms with van der Waals surface area (Å²) in [7, 11) is 0. The minimum absolute atomic E-state index is 0.0696. The van der Waals surface area contributed by atoms with Crippen molar-refractivity contribution in [2.75, 3.05) is 5.32 Å². The van der Waals surface area contributed by atoms with Crippen molar-refractivity contribution in [1.29, 1.82) is 0 Å². The van der Waals surface area contributed by atoms with Gasteiger partial charge in [0.15, 0.2) is 23.3 Å². The van der Waals surface area contributed by atoms with E-state index in [4.69, 9.17) is 5.84 Å². The van der Waals surface area contributed by atoms with Gasteiger partial charge in [-0.3, -0.25) is 5.43 Å². The van der Waals surface area contributed by atoms with Crippen molar-refractivity contribution in [1.82, 2.24) is 5.43 Å². The Hall–Kier alpha value is -1.90. The number of guanidine groups is 1. The molecule has 9 heteroatoms. The maximum absolute atomic E-state index is 13.3. The van der Waals surface area contributed by atoms with Gasteiger partial charge in [0.05, 0.1) is 6.04 Å². The summed E-state index contributed by atoms with van der Waals surface area (Å²) in [5.74, 6) is -5.47. The van der Waals surface area contributed by atoms with E-state index >= 15 is 0 Å². The number of rotatable bonds is 2. The summed E-state index contributed by atoms with van der Waals surface area (Å²) in [6.45, 7) is 0. The van der Waals surface area contributed by atoms with Crippen molar-refractivity contribution >= 4 is 11.6 Å². The van der Waals surface area contributed by atoms with Crippen LogP contribution in [-0.4, -0.2) is 12.0 Å². The van der Waals surface area contributed by atoms with Crippen LogP contribution in [0.1, 0.15) is 12.8 Å². The molecule has 0 amide bonds. The number of halogens is 5. The Kier molecular flexibility index (Phi) is 3.56. The third-order valence-corrected chi connectivity index (χ3v) is 2.45. The van der Waals surface area contributed by atoms with Gasteiger partial charge in [-0.25, -0.2) is 32.8 Å². The molecule has 2 rings (SSSR count). The summed E-state index contributed by atoms with van der Waals surface area (Å²) in [4.78, 5) is 3.86. The van der Waals surface area contributed by atoms with Crippen molar-refractivity contribution in [3.05, 3.63) is 29.1 Å². The minimum Gasteiger partial charge on any atom is -0.320 e. The number of aliphatic imine (C=N–C) groups is 1. The molecule has 0 spiro atoms. The van der Waals surface area contributed by atoms with Gasteiger partial charge in [-0.1, -0.05) is 0 Å². The predicted octanol–water partition coefficient (Wildman–Crippen LogP) is 1.78. The number of hydrogen-bond donors (Lipinski definition) is 3. The molecular formula is C10H9F5N4. The molecule has 4 N–H and O–H groups in total. The number of nitrogens with two attached hydrogens (primary N) is 1. The maximum atomic E-state index is 13.3. The predicted molar refractivity (Wildman–Crippen MR) is 57.6 cm³/mol. The zero-order chi connectivity index (χ0) is 14.2. The minimum atomic E-state index is -2.22. The lowest BCUT2D eigenvalue weighted by atomic mass is 10.2. The van der Waals surface area contributed by atoms with Crippen LogP contribution < -0.4 is 16.6 Å². The molecule has 19 heavy (non-hydrogen) atoms. The molecular weight excluding hydrogens is 271 g/mol. The molecule has 0 aliphatic heterocycles. The van der Waals surface area contributed by atoms with Gasteiger partial charge in [-0.15, -0.1) is 0 Å². The number of hydrazine groups is 1. The summed E-state index contributed by atoms with van der Waals surface area (Å²) in [6, 6.07) is -0.0696. The second kappa shape index (κ2) is 5.00. The van der Waals surface area contributed by atoms with Crippen LogP contribution in [-0.2, 0) is 0 Å². The van der Waals surface area contributed by atoms with Gasteiger partial charge in [0.2, 0.25) is 11.8 Å². The highest BCUT2D eigenvalue weighted by Gasteiger charge is 2.27. The lowest BCUT2D eigenvalue weighted by Crippen LogP contribution is -2.37. The van der Waals surface area contributed by atoms with E-state index in [1.54, 1.807) is 0 Å². The highest BCUT2D eigenvalue weighted by molar-refractivity contribution is 5.93. The third-order valence-electron chi connectivity index (χ3n) is 2.45. The van der Waals surface area contributed by atoms with Crippen LogP contribution in [0.15, 0.2) is 4.99 Å². The molecule has 0 saturated heterocycles. The van der Waals surface area contributed by atoms with E-state index in [1.165, 1.54) is 0 Å². The number of nitrogens with zero attached hydrogens (tertiary/aromatic N) is 1. The number of nitrogens with one attached hydrogen (secondary N) is 2. The lowest BCUT2D eigenvalue weighted by Gasteiger charge is -2.12. The molecule has 0 bridgehead atoms. The Morgan fingerprint density at radius 1 is 0.947 bits per heavy atom. The fraction of sp³-hybridized carbons (Fsp3) is 0.300. The molecule has 1 aliphatic rings. The van der Waals surface area contributed by atoms with Gasteiger partial charge < -0.3 is 5.32 Å². The molecule has 0 heterocycles. The van der Waals surface area contributed by atoms with Gasteiger partial charge in [0.25, 0.3) is 0 Å². The average molecular weight is 280 g/mol. The summed E-state index contributed by atoms with van der Waals surface area (Å²) in [5.41, 5.74) is 0.797. The van der Waals surface area contributed by atoms with E-state index in [0.29, 0.717) is 0 Å². The summed E-state index contributed by atoms with van der Waals surface area (Å²) < 4.78 is 65.4. The highest BCUT2D eigenvalue weighted by Crippen LogP contribution is 2.28. The Morgan fingerprint density at radius 2 is 1.42 bits per heavy atom. The smallest absolute Gasteiger partial charge is 0.210 e. The second-order valence-electron chi connectivity index (χ2n) is 3.92. The Balaban J connectivity index is 2.39. The largest absolute Gasteiger partial charge is 0.320 e. The average Bonchev–Trinajstić information content (AvgIpc) is 3.21. The van der Waals surface area contributed by atoms with Crippen LogP contribution in [0, 0.1) is 29.1 Å². The van der Waals surface area contributed by atoms with Crippen molar-refractivity contribution in [2.24, 2.45) is 10.8 Å². The van der Waals surface area contributed by atoms with Crippen LogP contribution >= 0.6 is 0 Å². The Labute approximate surface area is 104 Å². The number of hydrogen-bond acceptors (Lipinski definition) is 2. The SMILES string of the molecule is NNC(=NC1CC1)Nc1c(F)c(F)c(F)c(F)c1F. The van der Waals surface area contributed by atoms with Crippen LogP contribution in [0.4, 0.5) is 27.6 Å². The van der Waals surface area contributed by atoms with Crippen molar-refractivity contribution < 1.29 is 22.0 Å². The van der Waals surface area contributed by atoms with E-state index in [-0.39, 0.29) is 12.0 Å². The molecule has 0 aromatic heterocycles. The zero-order valence-electron chi connectivity index (χ0n) is 9.41. The third kappa shape index (κ3) is 2.60. The highest BCUT2D eigenvalue weighted by atomic mass is 19.2. The quantitative estimate of drug-likeness (QED) is 0.147. The maximum Gasteiger partial charge on any atom is 0.210 e. The molecule has 104 valence electrons. The molecule has 1 aromatic rings. The van der Waals surface area contributed by atoms with E-state index in [0.717, 1.165) is 12.8 Å². The van der Waals surface area contributed by atoms with Crippen molar-refractivity contribution in [2.45, 2.75) is 18.9 Å². The monoisotopic (exact) mass is 280 g/mol. The first kappa shape index (κ1) is 13.5. The van der Waals surface area contributed by atoms with Crippen molar-refractivity contribution in [3.63, 3.8) is 0 Å². The molecule has 1 saturated carbocycles. The van der Waals surface area contributed by atoms with Crippen LogP contribution in [0.5, 0.6) is 0 Å². The zero-order valence-corrected chi connectivity index (χ0v) is 9.41. The topological polar surface area (TPSA) is 62.4 Å². The second-order valence-corrected chi connectivity index (χ2v) is 3.92. The number of benzene rings is 1. The van der Waals surface area contributed by atoms with Gasteiger partial charge in [0.1, 0.15) is 5.69 Å². The Morgan fingerprint density at radius 3 is 1.84 bits per heavy atom. The van der Waals surface area contributed by atoms with E-state index in [2.05, 4.69) is 4.99 Å². The molecule has 0 atom stereocenters. The van der Waals surface area contributed by atoms with Gasteiger partial charge in [0, 0.05) is 0 Å². The first-order chi connectivity index (χ1) is 8.95. The van der Waals surface area contributed by atoms with Crippen LogP contribution in [0.25, 0.3) is 0 Å². The molecule has 0 radical (unpaired) electrons. The summed E-state index contributed by atoms with van der Waals surface area (Å²) in [6.07, 6.45) is 1.54. The molecule has 4 nitrogen and oxygen atoms in total. The first-order valence-corrected chi connectivity index (χ1v) is 5.28.